The molecule has 0 aliphatic heterocycles. The molecule has 0 fully saturated rings. The van der Waals surface area contributed by atoms with Crippen LogP contribution >= 0.6 is 0 Å². The van der Waals surface area contributed by atoms with E-state index in [-0.39, 0.29) is 0 Å². The largest absolute Gasteiger partial charge is 0.0622 e. The Balaban J connectivity index is 0.000000115. The fourth-order valence-corrected chi connectivity index (χ4v) is 6.04. The van der Waals surface area contributed by atoms with Crippen LogP contribution in [0.25, 0.3) is 53.9 Å². The van der Waals surface area contributed by atoms with Crippen molar-refractivity contribution in [2.24, 2.45) is 0 Å². The number of aryl methyl sites for hydroxylation is 4. The Kier molecular flexibility index (Phi) is 10.2. The van der Waals surface area contributed by atoms with E-state index in [9.17, 15) is 0 Å². The molecule has 0 saturated carbocycles. The molecule has 0 saturated heterocycles. The summed E-state index contributed by atoms with van der Waals surface area (Å²) in [4.78, 5) is 0. The van der Waals surface area contributed by atoms with Gasteiger partial charge in [-0.3, -0.25) is 0 Å². The van der Waals surface area contributed by atoms with E-state index in [2.05, 4.69) is 191 Å². The zero-order chi connectivity index (χ0) is 33.3. The van der Waals surface area contributed by atoms with E-state index < -0.39 is 0 Å². The summed E-state index contributed by atoms with van der Waals surface area (Å²) < 4.78 is 0. The lowest BCUT2D eigenvalue weighted by Crippen LogP contribution is -1.78. The summed E-state index contributed by atoms with van der Waals surface area (Å²) in [5.41, 5.74) is 5.28. The van der Waals surface area contributed by atoms with E-state index in [0.717, 1.165) is 0 Å². The van der Waals surface area contributed by atoms with E-state index in [1.165, 1.54) is 76.1 Å². The summed E-state index contributed by atoms with van der Waals surface area (Å²) in [5.74, 6) is 0. The minimum Gasteiger partial charge on any atom is -0.0622 e. The van der Waals surface area contributed by atoms with Crippen molar-refractivity contribution >= 4 is 53.9 Å². The highest BCUT2D eigenvalue weighted by Gasteiger charge is 1.99. The van der Waals surface area contributed by atoms with Gasteiger partial charge in [0.15, 0.2) is 0 Å². The summed E-state index contributed by atoms with van der Waals surface area (Å²) in [6.07, 6.45) is 0. The lowest BCUT2D eigenvalue weighted by molar-refractivity contribution is 1.48. The fraction of sp³-hybridized carbons (Fsp3) is 0.0833. The van der Waals surface area contributed by atoms with Crippen LogP contribution in [0.5, 0.6) is 0 Å². The zero-order valence-electron chi connectivity index (χ0n) is 28.3. The predicted octanol–water partition coefficient (Wildman–Crippen LogP) is 13.7. The number of benzene rings is 9. The molecule has 0 atom stereocenters. The Labute approximate surface area is 284 Å². The number of rotatable bonds is 0. The van der Waals surface area contributed by atoms with Gasteiger partial charge in [0.2, 0.25) is 0 Å². The van der Waals surface area contributed by atoms with Gasteiger partial charge in [-0.05, 0) is 93.7 Å². The zero-order valence-corrected chi connectivity index (χ0v) is 28.3. The van der Waals surface area contributed by atoms with Crippen LogP contribution in [0.4, 0.5) is 0 Å². The maximum atomic E-state index is 2.26. The van der Waals surface area contributed by atoms with Crippen LogP contribution in [0.2, 0.25) is 0 Å². The first kappa shape index (κ1) is 32.2. The van der Waals surface area contributed by atoms with Crippen LogP contribution < -0.4 is 0 Å². The highest BCUT2D eigenvalue weighted by atomic mass is 14.0. The van der Waals surface area contributed by atoms with Crippen LogP contribution in [0.1, 0.15) is 22.3 Å². The third kappa shape index (κ3) is 8.16. The van der Waals surface area contributed by atoms with Crippen molar-refractivity contribution in [3.63, 3.8) is 0 Å². The normalized spacial score (nSPS) is 10.5. The van der Waals surface area contributed by atoms with E-state index in [0.29, 0.717) is 0 Å². The average Bonchev–Trinajstić information content (AvgIpc) is 3.11. The molecule has 0 spiro atoms. The molecule has 0 unspecified atom stereocenters. The van der Waals surface area contributed by atoms with Gasteiger partial charge < -0.3 is 0 Å². The van der Waals surface area contributed by atoms with Crippen molar-refractivity contribution in [1.29, 1.82) is 0 Å². The molecule has 0 nitrogen and oxygen atoms in total. The standard InChI is InChI=1S/2C15H12.C11H10.C7H8/c1-11-6-9-15-13(10-11)8-7-12-4-2-3-5-14(12)15;1-11-6-7-14-9-12-4-2-3-5-13(12)10-15(14)8-11;1-9-6-7-10-4-2-3-5-11(10)8-9;1-7-5-3-2-4-6-7/h2*2-10H,1H3;2-8H,1H3;2-6H,1H3. The third-order valence-electron chi connectivity index (χ3n) is 8.61. The van der Waals surface area contributed by atoms with Gasteiger partial charge >= 0.3 is 0 Å². The van der Waals surface area contributed by atoms with Crippen molar-refractivity contribution in [1.82, 2.24) is 0 Å². The van der Waals surface area contributed by atoms with Gasteiger partial charge in [0, 0.05) is 0 Å². The SMILES string of the molecule is Cc1ccc2c(ccc3ccccc32)c1.Cc1ccc2cc3ccccc3cc2c1.Cc1ccc2ccccc2c1.Cc1ccccc1. The lowest BCUT2D eigenvalue weighted by atomic mass is 10.0. The summed E-state index contributed by atoms with van der Waals surface area (Å²) in [5, 5.41) is 13.2. The number of hydrogen-bond acceptors (Lipinski definition) is 0. The van der Waals surface area contributed by atoms with E-state index in [4.69, 9.17) is 0 Å². The predicted molar refractivity (Wildman–Crippen MR) is 212 cm³/mol. The van der Waals surface area contributed by atoms with Crippen molar-refractivity contribution in [3.05, 3.63) is 204 Å². The van der Waals surface area contributed by atoms with Crippen LogP contribution in [0.15, 0.2) is 182 Å². The molecule has 0 heterocycles. The van der Waals surface area contributed by atoms with Gasteiger partial charge in [0.1, 0.15) is 0 Å². The molecular formula is C48H42. The van der Waals surface area contributed by atoms with Gasteiger partial charge in [0.05, 0.1) is 0 Å². The summed E-state index contributed by atoms with van der Waals surface area (Å²) in [6, 6.07) is 64.3. The molecule has 9 aromatic carbocycles. The quantitative estimate of drug-likeness (QED) is 0.117. The third-order valence-corrected chi connectivity index (χ3v) is 8.61. The molecule has 48 heavy (non-hydrogen) atoms. The first-order valence-corrected chi connectivity index (χ1v) is 16.7. The first-order chi connectivity index (χ1) is 23.4. The molecule has 9 aromatic rings. The van der Waals surface area contributed by atoms with Crippen molar-refractivity contribution in [2.75, 3.05) is 0 Å². The highest BCUT2D eigenvalue weighted by Crippen LogP contribution is 2.26. The van der Waals surface area contributed by atoms with Crippen molar-refractivity contribution in [3.8, 4) is 0 Å². The Morgan fingerprint density at radius 1 is 0.208 bits per heavy atom. The van der Waals surface area contributed by atoms with Gasteiger partial charge in [-0.2, -0.15) is 0 Å². The van der Waals surface area contributed by atoms with E-state index in [1.54, 1.807) is 0 Å². The van der Waals surface area contributed by atoms with Gasteiger partial charge in [-0.1, -0.05) is 192 Å². The van der Waals surface area contributed by atoms with Crippen LogP contribution in [0, 0.1) is 27.7 Å². The van der Waals surface area contributed by atoms with Gasteiger partial charge in [-0.25, -0.2) is 0 Å². The fourth-order valence-electron chi connectivity index (χ4n) is 6.04. The maximum Gasteiger partial charge on any atom is -0.0105 e. The molecule has 0 aromatic heterocycles. The molecule has 0 aliphatic carbocycles. The summed E-state index contributed by atoms with van der Waals surface area (Å²) in [7, 11) is 0. The molecule has 0 aliphatic rings. The lowest BCUT2D eigenvalue weighted by Gasteiger charge is -2.04. The molecular weight excluding hydrogens is 577 g/mol. The smallest absolute Gasteiger partial charge is 0.0105 e. The summed E-state index contributed by atoms with van der Waals surface area (Å²) >= 11 is 0. The van der Waals surface area contributed by atoms with Crippen LogP contribution in [-0.4, -0.2) is 0 Å². The Morgan fingerprint density at radius 2 is 0.583 bits per heavy atom. The number of fused-ring (bicyclic) bond motifs is 6. The molecule has 0 amide bonds. The monoisotopic (exact) mass is 618 g/mol. The molecule has 0 heteroatoms. The molecule has 0 radical (unpaired) electrons. The second-order valence-electron chi connectivity index (χ2n) is 12.6. The summed E-state index contributed by atoms with van der Waals surface area (Å²) in [6.45, 7) is 8.47. The molecule has 9 rings (SSSR count). The second kappa shape index (κ2) is 15.2. The molecule has 0 N–H and O–H groups in total. The van der Waals surface area contributed by atoms with Gasteiger partial charge in [-0.15, -0.1) is 0 Å². The van der Waals surface area contributed by atoms with E-state index in [1.807, 2.05) is 18.2 Å². The first-order valence-electron chi connectivity index (χ1n) is 16.7. The average molecular weight is 619 g/mol. The topological polar surface area (TPSA) is 0 Å². The molecule has 0 bridgehead atoms. The van der Waals surface area contributed by atoms with Gasteiger partial charge in [0.25, 0.3) is 0 Å². The molecule has 234 valence electrons. The minimum atomic E-state index is 1.31. The Morgan fingerprint density at radius 3 is 1.21 bits per heavy atom. The number of hydrogen-bond donors (Lipinski definition) is 0. The highest BCUT2D eigenvalue weighted by molar-refractivity contribution is 6.07. The van der Waals surface area contributed by atoms with Crippen molar-refractivity contribution in [2.45, 2.75) is 27.7 Å². The minimum absolute atomic E-state index is 1.31. The van der Waals surface area contributed by atoms with E-state index >= 15 is 0 Å². The Hall–Kier alpha value is -5.72. The van der Waals surface area contributed by atoms with Crippen molar-refractivity contribution < 1.29 is 0 Å². The van der Waals surface area contributed by atoms with Crippen LogP contribution in [-0.2, 0) is 0 Å². The Bertz CT molecular complexity index is 2420. The second-order valence-corrected chi connectivity index (χ2v) is 12.6. The van der Waals surface area contributed by atoms with Crippen LogP contribution in [0.3, 0.4) is 0 Å². The maximum absolute atomic E-state index is 2.26.